The molecule has 0 aliphatic heterocycles. The van der Waals surface area contributed by atoms with E-state index in [1.165, 1.54) is 0 Å². The lowest BCUT2D eigenvalue weighted by Crippen LogP contribution is -2.14. The molecule has 1 aromatic heterocycles. The Morgan fingerprint density at radius 1 is 1.77 bits per heavy atom. The average molecular weight is 264 g/mol. The number of nitrogens with zero attached hydrogens (tertiary/aromatic N) is 1. The fourth-order valence-corrected chi connectivity index (χ4v) is 1.42. The van der Waals surface area contributed by atoms with Gasteiger partial charge in [-0.1, -0.05) is 0 Å². The van der Waals surface area contributed by atoms with Crippen molar-refractivity contribution in [2.45, 2.75) is 6.92 Å². The highest BCUT2D eigenvalue weighted by Gasteiger charge is 2.04. The van der Waals surface area contributed by atoms with Gasteiger partial charge in [0.1, 0.15) is 11.7 Å². The number of carbonyl (C=O) groups is 1. The van der Waals surface area contributed by atoms with E-state index in [9.17, 15) is 4.79 Å². The number of rotatable bonds is 2. The maximum absolute atomic E-state index is 10.9. The number of carbonyl (C=O) groups excluding carboxylic acids is 1. The Morgan fingerprint density at radius 3 is 3.00 bits per heavy atom. The number of halogens is 2. The van der Waals surface area contributed by atoms with Crippen molar-refractivity contribution in [3.05, 3.63) is 22.3 Å². The third-order valence-electron chi connectivity index (χ3n) is 1.36. The highest BCUT2D eigenvalue weighted by Crippen LogP contribution is 2.20. The van der Waals surface area contributed by atoms with Crippen molar-refractivity contribution >= 4 is 39.3 Å². The Bertz CT molecular complexity index is 330. The summed E-state index contributed by atoms with van der Waals surface area (Å²) in [4.78, 5) is 14.9. The molecule has 13 heavy (non-hydrogen) atoms. The van der Waals surface area contributed by atoms with E-state index in [0.29, 0.717) is 5.82 Å². The van der Waals surface area contributed by atoms with Crippen LogP contribution in [-0.2, 0) is 4.79 Å². The second-order valence-electron chi connectivity index (χ2n) is 2.52. The first-order valence-electron chi connectivity index (χ1n) is 3.61. The van der Waals surface area contributed by atoms with Crippen molar-refractivity contribution < 1.29 is 4.79 Å². The van der Waals surface area contributed by atoms with E-state index in [0.717, 1.165) is 10.0 Å². The monoisotopic (exact) mass is 262 g/mol. The first kappa shape index (κ1) is 10.5. The lowest BCUT2D eigenvalue weighted by Gasteiger charge is -2.04. The highest BCUT2D eigenvalue weighted by molar-refractivity contribution is 9.10. The molecule has 0 bridgehead atoms. The maximum Gasteiger partial charge on any atom is 0.240 e. The van der Waals surface area contributed by atoms with E-state index >= 15 is 0 Å². The van der Waals surface area contributed by atoms with E-state index in [1.54, 1.807) is 6.20 Å². The molecule has 1 aromatic rings. The number of nitrogens with one attached hydrogen (secondary N) is 1. The van der Waals surface area contributed by atoms with E-state index in [1.807, 2.05) is 13.0 Å². The van der Waals surface area contributed by atoms with E-state index in [-0.39, 0.29) is 11.8 Å². The fraction of sp³-hybridized carbons (Fsp3) is 0.250. The molecule has 1 rings (SSSR count). The second kappa shape index (κ2) is 4.58. The molecule has 3 nitrogen and oxygen atoms in total. The molecule has 0 aromatic carbocycles. The third kappa shape index (κ3) is 2.97. The molecule has 0 spiro atoms. The molecule has 0 unspecified atom stereocenters. The van der Waals surface area contributed by atoms with Gasteiger partial charge >= 0.3 is 0 Å². The van der Waals surface area contributed by atoms with Gasteiger partial charge in [0, 0.05) is 6.20 Å². The molecule has 0 saturated heterocycles. The summed E-state index contributed by atoms with van der Waals surface area (Å²) in [5.41, 5.74) is 1.02. The van der Waals surface area contributed by atoms with Gasteiger partial charge in [0.15, 0.2) is 0 Å². The number of pyridine rings is 1. The lowest BCUT2D eigenvalue weighted by atomic mass is 10.3. The zero-order chi connectivity index (χ0) is 9.84. The minimum Gasteiger partial charge on any atom is -0.309 e. The van der Waals surface area contributed by atoms with Gasteiger partial charge < -0.3 is 5.32 Å². The van der Waals surface area contributed by atoms with Crippen molar-refractivity contribution in [2.24, 2.45) is 0 Å². The average Bonchev–Trinajstić information content (AvgIpc) is 2.09. The predicted octanol–water partition coefficient (Wildman–Crippen LogP) is 2.33. The van der Waals surface area contributed by atoms with E-state index in [2.05, 4.69) is 26.2 Å². The van der Waals surface area contributed by atoms with Gasteiger partial charge in [-0.2, -0.15) is 0 Å². The van der Waals surface area contributed by atoms with Gasteiger partial charge in [-0.05, 0) is 34.5 Å². The van der Waals surface area contributed by atoms with Crippen LogP contribution in [0.5, 0.6) is 0 Å². The lowest BCUT2D eigenvalue weighted by molar-refractivity contribution is -0.113. The van der Waals surface area contributed by atoms with E-state index < -0.39 is 0 Å². The van der Waals surface area contributed by atoms with Crippen molar-refractivity contribution in [3.63, 3.8) is 0 Å². The minimum absolute atomic E-state index is 0.0675. The van der Waals surface area contributed by atoms with Crippen LogP contribution >= 0.6 is 27.5 Å². The van der Waals surface area contributed by atoms with Gasteiger partial charge in [0.2, 0.25) is 5.91 Å². The third-order valence-corrected chi connectivity index (χ3v) is 2.20. The summed E-state index contributed by atoms with van der Waals surface area (Å²) in [6.07, 6.45) is 1.68. The summed E-state index contributed by atoms with van der Waals surface area (Å²) in [6, 6.07) is 1.87. The summed E-state index contributed by atoms with van der Waals surface area (Å²) < 4.78 is 0.756. The zero-order valence-electron chi connectivity index (χ0n) is 6.97. The van der Waals surface area contributed by atoms with Gasteiger partial charge in [-0.15, -0.1) is 11.6 Å². The number of hydrogen-bond acceptors (Lipinski definition) is 2. The maximum atomic E-state index is 10.9. The van der Waals surface area contributed by atoms with Crippen molar-refractivity contribution in [1.29, 1.82) is 0 Å². The largest absolute Gasteiger partial charge is 0.309 e. The molecule has 0 saturated carbocycles. The Hall–Kier alpha value is -0.610. The number of hydrogen-bond donors (Lipinski definition) is 1. The van der Waals surface area contributed by atoms with Crippen LogP contribution in [0.4, 0.5) is 5.82 Å². The van der Waals surface area contributed by atoms with Gasteiger partial charge in [-0.25, -0.2) is 4.98 Å². The van der Waals surface area contributed by atoms with Gasteiger partial charge in [0.25, 0.3) is 0 Å². The zero-order valence-corrected chi connectivity index (χ0v) is 9.32. The van der Waals surface area contributed by atoms with Gasteiger partial charge in [0.05, 0.1) is 4.47 Å². The molecule has 0 fully saturated rings. The van der Waals surface area contributed by atoms with Crippen LogP contribution in [0.1, 0.15) is 5.56 Å². The predicted molar refractivity (Wildman–Crippen MR) is 56.0 cm³/mol. The number of aromatic nitrogens is 1. The SMILES string of the molecule is Cc1cnc(NC(=O)CCl)c(Br)c1. The fourth-order valence-electron chi connectivity index (χ4n) is 0.791. The number of amides is 1. The Kier molecular flexibility index (Phi) is 3.69. The van der Waals surface area contributed by atoms with Crippen LogP contribution in [0.25, 0.3) is 0 Å². The van der Waals surface area contributed by atoms with Crippen LogP contribution in [0.15, 0.2) is 16.7 Å². The minimum atomic E-state index is -0.265. The molecule has 0 atom stereocenters. The molecule has 0 aliphatic rings. The van der Waals surface area contributed by atoms with Crippen molar-refractivity contribution in [1.82, 2.24) is 4.98 Å². The highest BCUT2D eigenvalue weighted by atomic mass is 79.9. The Balaban J connectivity index is 2.83. The topological polar surface area (TPSA) is 42.0 Å². The molecular formula is C8H8BrClN2O. The quantitative estimate of drug-likeness (QED) is 0.832. The molecule has 5 heteroatoms. The van der Waals surface area contributed by atoms with Crippen LogP contribution in [0.3, 0.4) is 0 Å². The first-order chi connectivity index (χ1) is 6.13. The number of alkyl halides is 1. The summed E-state index contributed by atoms with van der Waals surface area (Å²) in [5, 5.41) is 2.56. The molecule has 70 valence electrons. The smallest absolute Gasteiger partial charge is 0.240 e. The molecule has 1 heterocycles. The van der Waals surface area contributed by atoms with Crippen molar-refractivity contribution in [3.8, 4) is 0 Å². The van der Waals surface area contributed by atoms with E-state index in [4.69, 9.17) is 11.6 Å². The van der Waals surface area contributed by atoms with Crippen LogP contribution in [0.2, 0.25) is 0 Å². The Morgan fingerprint density at radius 2 is 2.46 bits per heavy atom. The molecular weight excluding hydrogens is 255 g/mol. The molecule has 0 aliphatic carbocycles. The number of aryl methyl sites for hydroxylation is 1. The second-order valence-corrected chi connectivity index (χ2v) is 3.65. The van der Waals surface area contributed by atoms with Crippen LogP contribution in [0, 0.1) is 6.92 Å². The Labute approximate surface area is 89.6 Å². The molecule has 0 radical (unpaired) electrons. The standard InChI is InChI=1S/C8H8BrClN2O/c1-5-2-6(9)8(11-4-5)12-7(13)3-10/h2,4H,3H2,1H3,(H,11,12,13). The number of anilines is 1. The summed E-state index contributed by atoms with van der Waals surface area (Å²) >= 11 is 8.61. The summed E-state index contributed by atoms with van der Waals surface area (Å²) in [7, 11) is 0. The first-order valence-corrected chi connectivity index (χ1v) is 4.94. The summed E-state index contributed by atoms with van der Waals surface area (Å²) in [5.74, 6) is 0.164. The van der Waals surface area contributed by atoms with Crippen LogP contribution in [-0.4, -0.2) is 16.8 Å². The molecule has 1 N–H and O–H groups in total. The molecule has 1 amide bonds. The van der Waals surface area contributed by atoms with Crippen LogP contribution < -0.4 is 5.32 Å². The van der Waals surface area contributed by atoms with Gasteiger partial charge in [-0.3, -0.25) is 4.79 Å². The van der Waals surface area contributed by atoms with Crippen molar-refractivity contribution in [2.75, 3.05) is 11.2 Å². The normalized spacial score (nSPS) is 9.77. The summed E-state index contributed by atoms with van der Waals surface area (Å²) in [6.45, 7) is 1.92.